The van der Waals surface area contributed by atoms with Crippen LogP contribution in [-0.2, 0) is 32.2 Å². The fraction of sp³-hybridized carbons (Fsp3) is 0.391. The van der Waals surface area contributed by atoms with Gasteiger partial charge in [0.25, 0.3) is 0 Å². The molecule has 0 unspecified atom stereocenters. The van der Waals surface area contributed by atoms with Crippen molar-refractivity contribution in [3.8, 4) is 0 Å². The summed E-state index contributed by atoms with van der Waals surface area (Å²) >= 11 is 0. The minimum atomic E-state index is -4.67. The van der Waals surface area contributed by atoms with Crippen LogP contribution >= 0.6 is 0 Å². The zero-order chi connectivity index (χ0) is 25.8. The maximum atomic E-state index is 13.5. The first-order valence-corrected chi connectivity index (χ1v) is 12.3. The van der Waals surface area contributed by atoms with Gasteiger partial charge in [0.2, 0.25) is 21.8 Å². The summed E-state index contributed by atoms with van der Waals surface area (Å²) < 4.78 is 79.2. The molecule has 1 atom stereocenters. The molecule has 0 aromatic heterocycles. The van der Waals surface area contributed by atoms with E-state index in [0.29, 0.717) is 11.6 Å². The summed E-state index contributed by atoms with van der Waals surface area (Å²) in [5.74, 6) is -1.41. The highest BCUT2D eigenvalue weighted by atomic mass is 32.2. The van der Waals surface area contributed by atoms with Crippen LogP contribution in [0.2, 0.25) is 0 Å². The molecule has 190 valence electrons. The van der Waals surface area contributed by atoms with E-state index in [4.69, 9.17) is 0 Å². The molecule has 1 heterocycles. The Morgan fingerprint density at radius 2 is 1.74 bits per heavy atom. The van der Waals surface area contributed by atoms with Crippen molar-refractivity contribution in [2.24, 2.45) is 0 Å². The lowest BCUT2D eigenvalue weighted by Gasteiger charge is -2.32. The molecule has 0 radical (unpaired) electrons. The Balaban J connectivity index is 1.63. The monoisotopic (exact) mass is 515 g/mol. The van der Waals surface area contributed by atoms with E-state index in [9.17, 15) is 35.6 Å². The van der Waals surface area contributed by atoms with Crippen LogP contribution in [0.15, 0.2) is 53.4 Å². The molecular weight excluding hydrogens is 490 g/mol. The standard InChI is InChI=1S/C23H25F4N3O4S/c1-15(31)28-21(13-16-4-2-6-18(24)12-16)22(32)29-19-8-10-30(11-9-19)35(33,34)20-7-3-5-17(14-20)23(25,26)27/h2-7,12,14,19,21H,8-11,13H2,1H3,(H,28,31)(H,29,32)/t21-/m1/s1. The molecule has 2 amide bonds. The van der Waals surface area contributed by atoms with Gasteiger partial charge >= 0.3 is 6.18 Å². The summed E-state index contributed by atoms with van der Waals surface area (Å²) in [5, 5.41) is 5.32. The molecule has 2 aromatic carbocycles. The first kappa shape index (κ1) is 26.6. The van der Waals surface area contributed by atoms with Crippen LogP contribution in [0.25, 0.3) is 0 Å². The van der Waals surface area contributed by atoms with Gasteiger partial charge in [-0.25, -0.2) is 12.8 Å². The van der Waals surface area contributed by atoms with Crippen molar-refractivity contribution in [2.75, 3.05) is 13.1 Å². The number of nitrogens with one attached hydrogen (secondary N) is 2. The topological polar surface area (TPSA) is 95.6 Å². The number of carbonyl (C=O) groups excluding carboxylic acids is 2. The maximum absolute atomic E-state index is 13.5. The summed E-state index contributed by atoms with van der Waals surface area (Å²) in [6, 6.07) is 7.85. The fourth-order valence-electron chi connectivity index (χ4n) is 3.88. The number of hydrogen-bond acceptors (Lipinski definition) is 4. The van der Waals surface area contributed by atoms with E-state index in [1.54, 1.807) is 6.07 Å². The summed E-state index contributed by atoms with van der Waals surface area (Å²) in [7, 11) is -4.15. The number of amides is 2. The number of sulfonamides is 1. The van der Waals surface area contributed by atoms with Crippen molar-refractivity contribution in [3.05, 3.63) is 65.5 Å². The number of piperidine rings is 1. The van der Waals surface area contributed by atoms with Gasteiger partial charge in [-0.05, 0) is 48.7 Å². The highest BCUT2D eigenvalue weighted by Crippen LogP contribution is 2.31. The molecule has 0 aliphatic carbocycles. The van der Waals surface area contributed by atoms with E-state index in [0.717, 1.165) is 22.5 Å². The zero-order valence-corrected chi connectivity index (χ0v) is 19.6. The van der Waals surface area contributed by atoms with Gasteiger partial charge in [0.1, 0.15) is 11.9 Å². The van der Waals surface area contributed by atoms with E-state index < -0.39 is 56.4 Å². The normalized spacial score (nSPS) is 16.5. The lowest BCUT2D eigenvalue weighted by Crippen LogP contribution is -2.53. The van der Waals surface area contributed by atoms with Crippen LogP contribution in [0.1, 0.15) is 30.9 Å². The van der Waals surface area contributed by atoms with Gasteiger partial charge in [-0.1, -0.05) is 18.2 Å². The lowest BCUT2D eigenvalue weighted by atomic mass is 10.0. The Morgan fingerprint density at radius 1 is 1.09 bits per heavy atom. The average Bonchev–Trinajstić information content (AvgIpc) is 2.78. The minimum Gasteiger partial charge on any atom is -0.351 e. The van der Waals surface area contributed by atoms with Crippen molar-refractivity contribution in [1.82, 2.24) is 14.9 Å². The molecule has 1 aliphatic rings. The Kier molecular flexibility index (Phi) is 8.16. The number of halogens is 4. The zero-order valence-electron chi connectivity index (χ0n) is 18.8. The summed E-state index contributed by atoms with van der Waals surface area (Å²) in [4.78, 5) is 23.9. The third kappa shape index (κ3) is 7.01. The second kappa shape index (κ2) is 10.7. The van der Waals surface area contributed by atoms with Crippen molar-refractivity contribution in [1.29, 1.82) is 0 Å². The fourth-order valence-corrected chi connectivity index (χ4v) is 5.39. The van der Waals surface area contributed by atoms with E-state index in [1.165, 1.54) is 25.1 Å². The SMILES string of the molecule is CC(=O)N[C@H](Cc1cccc(F)c1)C(=O)NC1CCN(S(=O)(=O)c2cccc(C(F)(F)F)c2)CC1. The van der Waals surface area contributed by atoms with Gasteiger partial charge in [-0.15, -0.1) is 0 Å². The first-order valence-electron chi connectivity index (χ1n) is 10.9. The molecule has 1 aliphatic heterocycles. The number of rotatable bonds is 7. The van der Waals surface area contributed by atoms with Crippen LogP contribution in [0.5, 0.6) is 0 Å². The number of alkyl halides is 3. The number of benzene rings is 2. The Labute approximate surface area is 200 Å². The number of hydrogen-bond donors (Lipinski definition) is 2. The third-order valence-corrected chi connectivity index (χ3v) is 7.52. The van der Waals surface area contributed by atoms with Gasteiger partial charge < -0.3 is 10.6 Å². The van der Waals surface area contributed by atoms with Crippen LogP contribution in [-0.4, -0.2) is 49.7 Å². The first-order chi connectivity index (χ1) is 16.4. The summed E-state index contributed by atoms with van der Waals surface area (Å²) in [6.45, 7) is 1.25. The van der Waals surface area contributed by atoms with Crippen LogP contribution in [0, 0.1) is 5.82 Å². The van der Waals surface area contributed by atoms with Crippen molar-refractivity contribution in [3.63, 3.8) is 0 Å². The second-order valence-corrected chi connectivity index (χ2v) is 10.2. The molecule has 2 aromatic rings. The van der Waals surface area contributed by atoms with E-state index in [-0.39, 0.29) is 32.4 Å². The largest absolute Gasteiger partial charge is 0.416 e. The van der Waals surface area contributed by atoms with E-state index >= 15 is 0 Å². The molecule has 1 fully saturated rings. The predicted molar refractivity (Wildman–Crippen MR) is 119 cm³/mol. The quantitative estimate of drug-likeness (QED) is 0.555. The van der Waals surface area contributed by atoms with Gasteiger partial charge in [0.05, 0.1) is 10.5 Å². The van der Waals surface area contributed by atoms with Crippen LogP contribution < -0.4 is 10.6 Å². The molecule has 1 saturated heterocycles. The maximum Gasteiger partial charge on any atom is 0.416 e. The van der Waals surface area contributed by atoms with E-state index in [1.807, 2.05) is 0 Å². The summed E-state index contributed by atoms with van der Waals surface area (Å²) in [6.07, 6.45) is -4.14. The van der Waals surface area contributed by atoms with E-state index in [2.05, 4.69) is 10.6 Å². The third-order valence-electron chi connectivity index (χ3n) is 5.62. The molecule has 2 N–H and O–H groups in total. The van der Waals surface area contributed by atoms with Gasteiger partial charge in [-0.2, -0.15) is 17.5 Å². The molecule has 7 nitrogen and oxygen atoms in total. The molecule has 12 heteroatoms. The lowest BCUT2D eigenvalue weighted by molar-refractivity contribution is -0.137. The number of nitrogens with zero attached hydrogens (tertiary/aromatic N) is 1. The molecule has 3 rings (SSSR count). The molecule has 0 saturated carbocycles. The van der Waals surface area contributed by atoms with Crippen molar-refractivity contribution < 1.29 is 35.6 Å². The van der Waals surface area contributed by atoms with Gasteiger partial charge in [0.15, 0.2) is 0 Å². The average molecular weight is 516 g/mol. The van der Waals surface area contributed by atoms with Gasteiger partial charge in [0, 0.05) is 32.5 Å². The molecular formula is C23H25F4N3O4S. The van der Waals surface area contributed by atoms with Crippen LogP contribution in [0.4, 0.5) is 17.6 Å². The number of carbonyl (C=O) groups is 2. The van der Waals surface area contributed by atoms with Crippen molar-refractivity contribution >= 4 is 21.8 Å². The smallest absolute Gasteiger partial charge is 0.351 e. The summed E-state index contributed by atoms with van der Waals surface area (Å²) in [5.41, 5.74) is -0.538. The molecule has 35 heavy (non-hydrogen) atoms. The van der Waals surface area contributed by atoms with Crippen molar-refractivity contribution in [2.45, 2.75) is 49.3 Å². The highest BCUT2D eigenvalue weighted by molar-refractivity contribution is 7.89. The Hall–Kier alpha value is -2.99. The van der Waals surface area contributed by atoms with Gasteiger partial charge in [-0.3, -0.25) is 9.59 Å². The Bertz CT molecular complexity index is 1180. The highest BCUT2D eigenvalue weighted by Gasteiger charge is 2.35. The second-order valence-electron chi connectivity index (χ2n) is 8.30. The minimum absolute atomic E-state index is 0.00176. The van der Waals surface area contributed by atoms with Crippen LogP contribution in [0.3, 0.4) is 0 Å². The molecule has 0 bridgehead atoms. The molecule has 0 spiro atoms. The Morgan fingerprint density at radius 3 is 2.34 bits per heavy atom. The predicted octanol–water partition coefficient (Wildman–Crippen LogP) is 2.86.